The number of H-pyrrole nitrogens is 1. The Morgan fingerprint density at radius 2 is 1.68 bits per heavy atom. The summed E-state index contributed by atoms with van der Waals surface area (Å²) in [7, 11) is 2.84. The number of amides is 1. The van der Waals surface area contributed by atoms with Gasteiger partial charge in [-0.15, -0.1) is 0 Å². The predicted octanol–water partition coefficient (Wildman–Crippen LogP) is 3.25. The maximum Gasteiger partial charge on any atom is 0.254 e. The Bertz CT molecular complexity index is 850. The average molecular weight is 385 g/mol. The molecule has 0 saturated heterocycles. The summed E-state index contributed by atoms with van der Waals surface area (Å²) in [5.74, 6) is -0.0126. The number of hydrogen-bond donors (Lipinski definition) is 2. The van der Waals surface area contributed by atoms with Gasteiger partial charge in [-0.3, -0.25) is 9.59 Å². The number of hydrogen-bond acceptors (Lipinski definition) is 4. The number of benzene rings is 1. The highest BCUT2D eigenvalue weighted by molar-refractivity contribution is 6.41. The number of carbonyl (C=O) groups excluding carboxylic acids is 1. The van der Waals surface area contributed by atoms with E-state index in [-0.39, 0.29) is 39.2 Å². The summed E-state index contributed by atoms with van der Waals surface area (Å²) in [6.07, 6.45) is 0. The standard InChI is InChI=1S/C17H18Cl2N2O4/c1-8-5-9(2)21-16(22)10(8)7-20-17(23)13-14(18)11(24-3)6-12(25-4)15(13)19/h5-6H,7H2,1-4H3,(H,20,23)(H,21,22). The van der Waals surface area contributed by atoms with Gasteiger partial charge in [-0.05, 0) is 25.5 Å². The van der Waals surface area contributed by atoms with Crippen molar-refractivity contribution in [3.8, 4) is 11.5 Å². The van der Waals surface area contributed by atoms with E-state index in [9.17, 15) is 9.59 Å². The highest BCUT2D eigenvalue weighted by Gasteiger charge is 2.23. The number of carbonyl (C=O) groups is 1. The van der Waals surface area contributed by atoms with Crippen molar-refractivity contribution in [2.75, 3.05) is 14.2 Å². The second kappa shape index (κ2) is 7.80. The van der Waals surface area contributed by atoms with E-state index in [4.69, 9.17) is 32.7 Å². The zero-order chi connectivity index (χ0) is 18.7. The number of aromatic amines is 1. The fourth-order valence-electron chi connectivity index (χ4n) is 2.44. The molecule has 0 aliphatic rings. The van der Waals surface area contributed by atoms with E-state index in [0.29, 0.717) is 5.56 Å². The highest BCUT2D eigenvalue weighted by Crippen LogP contribution is 2.40. The van der Waals surface area contributed by atoms with E-state index in [1.165, 1.54) is 20.3 Å². The maximum atomic E-state index is 12.6. The monoisotopic (exact) mass is 384 g/mol. The Labute approximate surface area is 155 Å². The second-order valence-electron chi connectivity index (χ2n) is 5.41. The minimum atomic E-state index is -0.536. The minimum absolute atomic E-state index is 0.0285. The van der Waals surface area contributed by atoms with Crippen LogP contribution in [0.2, 0.25) is 10.0 Å². The number of ether oxygens (including phenoxy) is 2. The van der Waals surface area contributed by atoms with Crippen LogP contribution in [0.25, 0.3) is 0 Å². The number of nitrogens with one attached hydrogen (secondary N) is 2. The van der Waals surface area contributed by atoms with Crippen LogP contribution in [0.15, 0.2) is 16.9 Å². The lowest BCUT2D eigenvalue weighted by atomic mass is 10.1. The van der Waals surface area contributed by atoms with E-state index in [2.05, 4.69) is 10.3 Å². The SMILES string of the molecule is COc1cc(OC)c(Cl)c(C(=O)NCc2c(C)cc(C)[nH]c2=O)c1Cl. The van der Waals surface area contributed by atoms with Crippen LogP contribution in [0.4, 0.5) is 0 Å². The first-order valence-corrected chi connectivity index (χ1v) is 8.13. The first-order chi connectivity index (χ1) is 11.8. The Kier molecular flexibility index (Phi) is 5.98. The fourth-order valence-corrected chi connectivity index (χ4v) is 3.12. The van der Waals surface area contributed by atoms with Crippen molar-refractivity contribution in [3.63, 3.8) is 0 Å². The first-order valence-electron chi connectivity index (χ1n) is 7.37. The van der Waals surface area contributed by atoms with Crippen LogP contribution in [-0.4, -0.2) is 25.1 Å². The zero-order valence-corrected chi connectivity index (χ0v) is 15.8. The van der Waals surface area contributed by atoms with Gasteiger partial charge in [0.2, 0.25) is 0 Å². The number of methoxy groups -OCH3 is 2. The van der Waals surface area contributed by atoms with Gasteiger partial charge in [0.25, 0.3) is 11.5 Å². The fraction of sp³-hybridized carbons (Fsp3) is 0.294. The van der Waals surface area contributed by atoms with Gasteiger partial charge in [-0.2, -0.15) is 0 Å². The summed E-state index contributed by atoms with van der Waals surface area (Å²) in [5.41, 5.74) is 1.77. The van der Waals surface area contributed by atoms with Crippen LogP contribution >= 0.6 is 23.2 Å². The number of aromatic nitrogens is 1. The molecule has 0 radical (unpaired) electrons. The van der Waals surface area contributed by atoms with Crippen molar-refractivity contribution in [1.29, 1.82) is 0 Å². The molecule has 0 bridgehead atoms. The molecule has 1 heterocycles. The molecule has 134 valence electrons. The smallest absolute Gasteiger partial charge is 0.254 e. The molecule has 0 atom stereocenters. The third-order valence-electron chi connectivity index (χ3n) is 3.72. The number of rotatable bonds is 5. The summed E-state index contributed by atoms with van der Waals surface area (Å²) in [4.78, 5) is 27.3. The quantitative estimate of drug-likeness (QED) is 0.828. The van der Waals surface area contributed by atoms with Crippen LogP contribution in [0.3, 0.4) is 0 Å². The van der Waals surface area contributed by atoms with E-state index in [0.717, 1.165) is 11.3 Å². The van der Waals surface area contributed by atoms with Crippen molar-refractivity contribution in [2.45, 2.75) is 20.4 Å². The Morgan fingerprint density at radius 3 is 2.16 bits per heavy atom. The maximum absolute atomic E-state index is 12.6. The average Bonchev–Trinajstić information content (AvgIpc) is 2.54. The van der Waals surface area contributed by atoms with Crippen LogP contribution in [0, 0.1) is 13.8 Å². The van der Waals surface area contributed by atoms with Gasteiger partial charge in [-0.1, -0.05) is 23.2 Å². The van der Waals surface area contributed by atoms with Gasteiger partial charge >= 0.3 is 0 Å². The third kappa shape index (κ3) is 3.91. The predicted molar refractivity (Wildman–Crippen MR) is 97.3 cm³/mol. The molecule has 1 aromatic heterocycles. The molecule has 0 unspecified atom stereocenters. The summed E-state index contributed by atoms with van der Waals surface area (Å²) in [6, 6.07) is 3.33. The molecule has 2 aromatic rings. The topological polar surface area (TPSA) is 80.4 Å². The molecule has 25 heavy (non-hydrogen) atoms. The van der Waals surface area contributed by atoms with Crippen molar-refractivity contribution >= 4 is 29.1 Å². The number of pyridine rings is 1. The van der Waals surface area contributed by atoms with Gasteiger partial charge in [0, 0.05) is 23.9 Å². The lowest BCUT2D eigenvalue weighted by Crippen LogP contribution is -2.28. The molecule has 2 N–H and O–H groups in total. The zero-order valence-electron chi connectivity index (χ0n) is 14.3. The van der Waals surface area contributed by atoms with Crippen molar-refractivity contribution in [2.24, 2.45) is 0 Å². The molecule has 2 rings (SSSR count). The Morgan fingerprint density at radius 1 is 1.12 bits per heavy atom. The normalized spacial score (nSPS) is 10.5. The number of halogens is 2. The molecule has 0 saturated carbocycles. The van der Waals surface area contributed by atoms with Gasteiger partial charge in [-0.25, -0.2) is 0 Å². The molecule has 1 amide bonds. The van der Waals surface area contributed by atoms with Gasteiger partial charge in [0.15, 0.2) is 0 Å². The molecule has 1 aromatic carbocycles. The van der Waals surface area contributed by atoms with Gasteiger partial charge in [0.05, 0.1) is 29.8 Å². The largest absolute Gasteiger partial charge is 0.495 e. The first kappa shape index (κ1) is 19.1. The van der Waals surface area contributed by atoms with E-state index >= 15 is 0 Å². The molecule has 0 fully saturated rings. The highest BCUT2D eigenvalue weighted by atomic mass is 35.5. The number of aryl methyl sites for hydroxylation is 2. The van der Waals surface area contributed by atoms with Gasteiger partial charge < -0.3 is 19.8 Å². The third-order valence-corrected chi connectivity index (χ3v) is 4.47. The van der Waals surface area contributed by atoms with Crippen LogP contribution in [0.5, 0.6) is 11.5 Å². The molecule has 8 heteroatoms. The van der Waals surface area contributed by atoms with Crippen LogP contribution in [0.1, 0.15) is 27.2 Å². The van der Waals surface area contributed by atoms with Crippen molar-refractivity contribution in [3.05, 3.63) is 54.9 Å². The molecular weight excluding hydrogens is 367 g/mol. The molecule has 6 nitrogen and oxygen atoms in total. The van der Waals surface area contributed by atoms with Crippen molar-refractivity contribution in [1.82, 2.24) is 10.3 Å². The molecular formula is C17H18Cl2N2O4. The van der Waals surface area contributed by atoms with E-state index < -0.39 is 5.91 Å². The summed E-state index contributed by atoms with van der Waals surface area (Å²) in [5, 5.41) is 2.80. The lowest BCUT2D eigenvalue weighted by Gasteiger charge is -2.14. The molecule has 0 spiro atoms. The van der Waals surface area contributed by atoms with E-state index in [1.807, 2.05) is 6.07 Å². The summed E-state index contributed by atoms with van der Waals surface area (Å²) >= 11 is 12.4. The van der Waals surface area contributed by atoms with Crippen LogP contribution < -0.4 is 20.3 Å². The minimum Gasteiger partial charge on any atom is -0.495 e. The van der Waals surface area contributed by atoms with Crippen LogP contribution in [-0.2, 0) is 6.54 Å². The second-order valence-corrected chi connectivity index (χ2v) is 6.17. The lowest BCUT2D eigenvalue weighted by molar-refractivity contribution is 0.0950. The Hall–Kier alpha value is -2.18. The van der Waals surface area contributed by atoms with Crippen molar-refractivity contribution < 1.29 is 14.3 Å². The molecule has 0 aliphatic carbocycles. The van der Waals surface area contributed by atoms with E-state index in [1.54, 1.807) is 13.8 Å². The summed E-state index contributed by atoms with van der Waals surface area (Å²) in [6.45, 7) is 3.63. The molecule has 0 aliphatic heterocycles. The Balaban J connectivity index is 2.35. The summed E-state index contributed by atoms with van der Waals surface area (Å²) < 4.78 is 10.3. The van der Waals surface area contributed by atoms with Gasteiger partial charge in [0.1, 0.15) is 11.5 Å².